The third-order valence-electron chi connectivity index (χ3n) is 6.50. The van der Waals surface area contributed by atoms with Gasteiger partial charge in [0.25, 0.3) is 5.91 Å². The largest absolute Gasteiger partial charge is 0.493 e. The van der Waals surface area contributed by atoms with Crippen LogP contribution in [0.1, 0.15) is 35.2 Å². The summed E-state index contributed by atoms with van der Waals surface area (Å²) in [6.45, 7) is 6.86. The van der Waals surface area contributed by atoms with E-state index in [1.807, 2.05) is 35.4 Å². The first-order valence-corrected chi connectivity index (χ1v) is 11.6. The average Bonchev–Trinajstić information content (AvgIpc) is 3.00. The van der Waals surface area contributed by atoms with E-state index in [2.05, 4.69) is 20.9 Å². The lowest BCUT2D eigenvalue weighted by Gasteiger charge is -2.35. The number of hydrogen-bond acceptors (Lipinski definition) is 6. The maximum absolute atomic E-state index is 13.2. The summed E-state index contributed by atoms with van der Waals surface area (Å²) >= 11 is 0. The van der Waals surface area contributed by atoms with E-state index in [0.29, 0.717) is 11.5 Å². The number of rotatable bonds is 8. The molecule has 1 fully saturated rings. The van der Waals surface area contributed by atoms with E-state index in [-0.39, 0.29) is 5.91 Å². The van der Waals surface area contributed by atoms with Gasteiger partial charge in [0.15, 0.2) is 11.5 Å². The highest BCUT2D eigenvalue weighted by Crippen LogP contribution is 2.33. The second-order valence-electron chi connectivity index (χ2n) is 8.48. The molecule has 1 aromatic carbocycles. The van der Waals surface area contributed by atoms with Crippen LogP contribution < -0.4 is 14.4 Å². The number of amides is 1. The summed E-state index contributed by atoms with van der Waals surface area (Å²) < 4.78 is 10.8. The first-order valence-electron chi connectivity index (χ1n) is 11.6. The third-order valence-corrected chi connectivity index (χ3v) is 6.50. The van der Waals surface area contributed by atoms with Gasteiger partial charge >= 0.3 is 0 Å². The fourth-order valence-electron chi connectivity index (χ4n) is 4.65. The molecule has 1 amide bonds. The van der Waals surface area contributed by atoms with Gasteiger partial charge < -0.3 is 19.3 Å². The number of carbonyl (C=O) groups excluding carboxylic acids is 1. The van der Waals surface area contributed by atoms with Crippen molar-refractivity contribution in [2.24, 2.45) is 0 Å². The molecule has 172 valence electrons. The number of aryl methyl sites for hydroxylation is 1. The highest BCUT2D eigenvalue weighted by molar-refractivity contribution is 5.97. The summed E-state index contributed by atoms with van der Waals surface area (Å²) in [5.41, 5.74) is 1.81. The van der Waals surface area contributed by atoms with E-state index in [9.17, 15) is 4.79 Å². The molecule has 7 heteroatoms. The fourth-order valence-corrected chi connectivity index (χ4v) is 4.65. The number of carbonyl (C=O) groups is 1. The monoisotopic (exact) mass is 438 g/mol. The summed E-state index contributed by atoms with van der Waals surface area (Å²) in [4.78, 5) is 24.5. The average molecular weight is 439 g/mol. The van der Waals surface area contributed by atoms with Gasteiger partial charge in [-0.25, -0.2) is 4.98 Å². The number of anilines is 1. The van der Waals surface area contributed by atoms with E-state index in [0.717, 1.165) is 88.4 Å². The number of benzene rings is 1. The summed E-state index contributed by atoms with van der Waals surface area (Å²) in [7, 11) is 3.24. The normalized spacial score (nSPS) is 17.1. The summed E-state index contributed by atoms with van der Waals surface area (Å²) in [6.07, 6.45) is 5.85. The number of unbranched alkanes of at least 4 members (excludes halogenated alkanes) is 1. The Kier molecular flexibility index (Phi) is 7.47. The summed E-state index contributed by atoms with van der Waals surface area (Å²) in [5, 5.41) is 0. The van der Waals surface area contributed by atoms with Crippen molar-refractivity contribution in [2.75, 3.05) is 64.9 Å². The Morgan fingerprint density at radius 3 is 2.41 bits per heavy atom. The number of methoxy groups -OCH3 is 2. The van der Waals surface area contributed by atoms with Crippen LogP contribution in [0.2, 0.25) is 0 Å². The van der Waals surface area contributed by atoms with Crippen molar-refractivity contribution < 1.29 is 14.3 Å². The first kappa shape index (κ1) is 22.4. The molecule has 0 unspecified atom stereocenters. The fraction of sp³-hybridized carbons (Fsp3) is 0.520. The summed E-state index contributed by atoms with van der Waals surface area (Å²) in [6, 6.07) is 9.89. The SMILES string of the molecule is COc1cc2c(cc1OC)C(=O)N(CCCCN1CCN(c3ccccn3)CC1)CCC2. The number of piperazine rings is 1. The van der Waals surface area contributed by atoms with Crippen molar-refractivity contribution in [1.82, 2.24) is 14.8 Å². The third kappa shape index (κ3) is 5.15. The minimum absolute atomic E-state index is 0.113. The standard InChI is InChI=1S/C25H34N4O3/c1-31-22-18-20-8-7-13-29(25(30)21(20)19-23(22)32-2)12-6-5-11-27-14-16-28(17-15-27)24-9-3-4-10-26-24/h3-4,9-10,18-19H,5-8,11-17H2,1-2H3. The zero-order valence-electron chi connectivity index (χ0n) is 19.3. The number of fused-ring (bicyclic) bond motifs is 1. The van der Waals surface area contributed by atoms with Gasteiger partial charge in [-0.05, 0) is 62.1 Å². The predicted molar refractivity (Wildman–Crippen MR) is 126 cm³/mol. The minimum Gasteiger partial charge on any atom is -0.493 e. The number of ether oxygens (including phenoxy) is 2. The lowest BCUT2D eigenvalue weighted by Crippen LogP contribution is -2.47. The van der Waals surface area contributed by atoms with Gasteiger partial charge in [-0.3, -0.25) is 9.69 Å². The van der Waals surface area contributed by atoms with E-state index in [4.69, 9.17) is 9.47 Å². The molecule has 2 aliphatic heterocycles. The number of nitrogens with zero attached hydrogens (tertiary/aromatic N) is 4. The Morgan fingerprint density at radius 1 is 0.938 bits per heavy atom. The van der Waals surface area contributed by atoms with Crippen LogP contribution in [0.25, 0.3) is 0 Å². The zero-order valence-corrected chi connectivity index (χ0v) is 19.3. The second-order valence-corrected chi connectivity index (χ2v) is 8.48. The maximum Gasteiger partial charge on any atom is 0.254 e. The Labute approximate surface area is 190 Å². The zero-order chi connectivity index (χ0) is 22.3. The topological polar surface area (TPSA) is 58.1 Å². The van der Waals surface area contributed by atoms with E-state index in [1.165, 1.54) is 0 Å². The number of aromatic nitrogens is 1. The van der Waals surface area contributed by atoms with Crippen LogP contribution in [-0.2, 0) is 6.42 Å². The van der Waals surface area contributed by atoms with Gasteiger partial charge in [-0.2, -0.15) is 0 Å². The van der Waals surface area contributed by atoms with Crippen LogP contribution in [0, 0.1) is 0 Å². The van der Waals surface area contributed by atoms with Crippen molar-refractivity contribution in [3.63, 3.8) is 0 Å². The number of hydrogen-bond donors (Lipinski definition) is 0. The highest BCUT2D eigenvalue weighted by atomic mass is 16.5. The highest BCUT2D eigenvalue weighted by Gasteiger charge is 2.24. The molecular weight excluding hydrogens is 404 g/mol. The van der Waals surface area contributed by atoms with Crippen molar-refractivity contribution in [3.8, 4) is 11.5 Å². The summed E-state index contributed by atoms with van der Waals surface area (Å²) in [5.74, 6) is 2.49. The van der Waals surface area contributed by atoms with Crippen LogP contribution >= 0.6 is 0 Å². The molecule has 32 heavy (non-hydrogen) atoms. The van der Waals surface area contributed by atoms with Crippen molar-refractivity contribution in [3.05, 3.63) is 47.7 Å². The molecule has 0 saturated carbocycles. The number of pyridine rings is 1. The van der Waals surface area contributed by atoms with E-state index < -0.39 is 0 Å². The molecule has 0 N–H and O–H groups in total. The van der Waals surface area contributed by atoms with Crippen LogP contribution in [0.15, 0.2) is 36.5 Å². The molecule has 2 aromatic rings. The quantitative estimate of drug-likeness (QED) is 0.591. The Morgan fingerprint density at radius 2 is 1.69 bits per heavy atom. The molecule has 1 saturated heterocycles. The van der Waals surface area contributed by atoms with Crippen LogP contribution in [0.3, 0.4) is 0 Å². The van der Waals surface area contributed by atoms with Gasteiger partial charge in [0.05, 0.1) is 14.2 Å². The lowest BCUT2D eigenvalue weighted by atomic mass is 10.0. The molecule has 0 spiro atoms. The van der Waals surface area contributed by atoms with Gasteiger partial charge in [0.2, 0.25) is 0 Å². The minimum atomic E-state index is 0.113. The molecule has 0 bridgehead atoms. The molecule has 0 atom stereocenters. The van der Waals surface area contributed by atoms with Gasteiger partial charge in [0.1, 0.15) is 5.82 Å². The molecule has 1 aromatic heterocycles. The molecular formula is C25H34N4O3. The molecule has 4 rings (SSSR count). The first-order chi connectivity index (χ1) is 15.7. The Balaban J connectivity index is 1.25. The van der Waals surface area contributed by atoms with Gasteiger partial charge in [0, 0.05) is 51.0 Å². The smallest absolute Gasteiger partial charge is 0.254 e. The maximum atomic E-state index is 13.2. The Bertz CT molecular complexity index is 898. The lowest BCUT2D eigenvalue weighted by molar-refractivity contribution is 0.0756. The molecule has 0 aliphatic carbocycles. The van der Waals surface area contributed by atoms with Crippen molar-refractivity contribution in [1.29, 1.82) is 0 Å². The van der Waals surface area contributed by atoms with Gasteiger partial charge in [-0.15, -0.1) is 0 Å². The van der Waals surface area contributed by atoms with Crippen LogP contribution in [0.4, 0.5) is 5.82 Å². The van der Waals surface area contributed by atoms with E-state index >= 15 is 0 Å². The van der Waals surface area contributed by atoms with Crippen LogP contribution in [0.5, 0.6) is 11.5 Å². The van der Waals surface area contributed by atoms with Crippen molar-refractivity contribution >= 4 is 11.7 Å². The Hall–Kier alpha value is -2.80. The molecule has 3 heterocycles. The van der Waals surface area contributed by atoms with Crippen LogP contribution in [-0.4, -0.2) is 80.7 Å². The predicted octanol–water partition coefficient (Wildman–Crippen LogP) is 3.09. The second kappa shape index (κ2) is 10.7. The molecule has 0 radical (unpaired) electrons. The van der Waals surface area contributed by atoms with Gasteiger partial charge in [-0.1, -0.05) is 6.07 Å². The molecule has 7 nitrogen and oxygen atoms in total. The van der Waals surface area contributed by atoms with E-state index in [1.54, 1.807) is 14.2 Å². The van der Waals surface area contributed by atoms with Crippen molar-refractivity contribution in [2.45, 2.75) is 25.7 Å². The molecule has 2 aliphatic rings.